The van der Waals surface area contributed by atoms with Crippen LogP contribution in [0.25, 0.3) is 11.1 Å². The van der Waals surface area contributed by atoms with E-state index in [0.717, 1.165) is 47.4 Å². The maximum absolute atomic E-state index is 12.5. The van der Waals surface area contributed by atoms with Crippen molar-refractivity contribution in [3.63, 3.8) is 0 Å². The molecule has 3 rings (SSSR count). The van der Waals surface area contributed by atoms with Gasteiger partial charge in [-0.1, -0.05) is 29.5 Å². The van der Waals surface area contributed by atoms with E-state index in [1.807, 2.05) is 12.3 Å². The quantitative estimate of drug-likeness (QED) is 0.549. The Bertz CT molecular complexity index is 879. The molecule has 0 saturated carbocycles. The van der Waals surface area contributed by atoms with Gasteiger partial charge >= 0.3 is 0 Å². The molecule has 2 aromatic rings. The number of anilines is 2. The minimum atomic E-state index is -0.0715. The Morgan fingerprint density at radius 2 is 2.29 bits per heavy atom. The molecular weight excluding hydrogens is 387 g/mol. The van der Waals surface area contributed by atoms with Crippen LogP contribution in [0, 0.1) is 5.92 Å². The number of benzene rings is 1. The van der Waals surface area contributed by atoms with Crippen molar-refractivity contribution < 1.29 is 9.53 Å². The lowest BCUT2D eigenvalue weighted by Gasteiger charge is -2.23. The molecule has 1 fully saturated rings. The third-order valence-electron chi connectivity index (χ3n) is 4.99. The molecule has 1 aromatic carbocycles. The van der Waals surface area contributed by atoms with E-state index in [9.17, 15) is 4.79 Å². The normalized spacial score (nSPS) is 16.2. The average molecular weight is 413 g/mol. The SMILES string of the molecule is Bc1ccc(P)c(-c2ccnc(N3CCC(C=P)C3)c2NC(=O)CCOC)c1. The highest BCUT2D eigenvalue weighted by atomic mass is 31.0. The lowest BCUT2D eigenvalue weighted by atomic mass is 9.92. The number of methoxy groups -OCH3 is 1. The zero-order valence-corrected chi connectivity index (χ0v) is 18.5. The summed E-state index contributed by atoms with van der Waals surface area (Å²) < 4.78 is 5.06. The molecule has 1 aromatic heterocycles. The highest BCUT2D eigenvalue weighted by molar-refractivity contribution is 7.28. The van der Waals surface area contributed by atoms with Gasteiger partial charge in [0.15, 0.2) is 5.82 Å². The molecule has 5 nitrogen and oxygen atoms in total. The number of rotatable bonds is 7. The Kier molecular flexibility index (Phi) is 7.23. The molecule has 146 valence electrons. The minimum absolute atomic E-state index is 0.0715. The first kappa shape index (κ1) is 21.0. The van der Waals surface area contributed by atoms with Gasteiger partial charge in [0.25, 0.3) is 0 Å². The number of hydrogen-bond acceptors (Lipinski definition) is 4. The maximum Gasteiger partial charge on any atom is 0.226 e. The fraction of sp³-hybridized carbons (Fsp3) is 0.350. The van der Waals surface area contributed by atoms with Gasteiger partial charge in [0.1, 0.15) is 7.85 Å². The topological polar surface area (TPSA) is 54.5 Å². The predicted molar refractivity (Wildman–Crippen MR) is 127 cm³/mol. The van der Waals surface area contributed by atoms with Crippen LogP contribution in [0.5, 0.6) is 0 Å². The smallest absolute Gasteiger partial charge is 0.226 e. The third kappa shape index (κ3) is 4.81. The van der Waals surface area contributed by atoms with Crippen molar-refractivity contribution in [1.82, 2.24) is 4.98 Å². The van der Waals surface area contributed by atoms with E-state index < -0.39 is 0 Å². The second kappa shape index (κ2) is 9.65. The lowest BCUT2D eigenvalue weighted by Crippen LogP contribution is -2.24. The van der Waals surface area contributed by atoms with E-state index in [2.05, 4.69) is 65.1 Å². The number of hydrogen-bond donors (Lipinski definition) is 1. The standard InChI is InChI=1S/C20H26BN3O2P2/c1-26-9-6-18(25)23-19-15(16-10-14(21)2-3-17(16)28)4-7-22-20(19)24-8-5-13(11-24)12-27/h2-4,7,10,12-13,27H,5-6,8-9,11,21,28H2,1H3,(H,23,25). The van der Waals surface area contributed by atoms with Crippen LogP contribution in [0.1, 0.15) is 12.8 Å². The molecule has 1 aliphatic rings. The number of ether oxygens (including phenoxy) is 1. The van der Waals surface area contributed by atoms with Crippen molar-refractivity contribution in [2.75, 3.05) is 37.0 Å². The van der Waals surface area contributed by atoms with Gasteiger partial charge in [-0.2, -0.15) is 0 Å². The zero-order valence-electron chi connectivity index (χ0n) is 16.4. The summed E-state index contributed by atoms with van der Waals surface area (Å²) in [6.07, 6.45) is 3.20. The van der Waals surface area contributed by atoms with E-state index in [-0.39, 0.29) is 5.91 Å². The van der Waals surface area contributed by atoms with Crippen molar-refractivity contribution in [3.05, 3.63) is 30.5 Å². The summed E-state index contributed by atoms with van der Waals surface area (Å²) in [6.45, 7) is 2.17. The van der Waals surface area contributed by atoms with Crippen LogP contribution in [-0.4, -0.2) is 51.3 Å². The van der Waals surface area contributed by atoms with Crippen LogP contribution in [0.15, 0.2) is 30.5 Å². The van der Waals surface area contributed by atoms with Crippen molar-refractivity contribution in [2.24, 2.45) is 5.92 Å². The van der Waals surface area contributed by atoms with Crippen molar-refractivity contribution in [3.8, 4) is 11.1 Å². The molecule has 0 aliphatic carbocycles. The second-order valence-corrected chi connectivity index (χ2v) is 8.06. The monoisotopic (exact) mass is 413 g/mol. The molecule has 2 heterocycles. The van der Waals surface area contributed by atoms with Gasteiger partial charge < -0.3 is 15.0 Å². The molecule has 28 heavy (non-hydrogen) atoms. The van der Waals surface area contributed by atoms with Crippen molar-refractivity contribution in [1.29, 1.82) is 0 Å². The maximum atomic E-state index is 12.5. The number of carbonyl (C=O) groups is 1. The highest BCUT2D eigenvalue weighted by Crippen LogP contribution is 2.36. The summed E-state index contributed by atoms with van der Waals surface area (Å²) in [5.74, 6) is 3.28. The van der Waals surface area contributed by atoms with Crippen LogP contribution < -0.4 is 21.0 Å². The summed E-state index contributed by atoms with van der Waals surface area (Å²) in [5, 5.41) is 4.20. The van der Waals surface area contributed by atoms with Gasteiger partial charge in [0.05, 0.1) is 18.7 Å². The summed E-state index contributed by atoms with van der Waals surface area (Å²) in [6, 6.07) is 8.28. The van der Waals surface area contributed by atoms with Gasteiger partial charge in [-0.3, -0.25) is 4.79 Å². The Morgan fingerprint density at radius 3 is 3.00 bits per heavy atom. The second-order valence-electron chi connectivity index (χ2n) is 7.10. The first-order chi connectivity index (χ1) is 13.5. The number of carbonyl (C=O) groups excluding carboxylic acids is 1. The molecule has 8 heteroatoms. The first-order valence-electron chi connectivity index (χ1n) is 9.43. The Labute approximate surface area is 172 Å². The van der Waals surface area contributed by atoms with E-state index in [0.29, 0.717) is 18.9 Å². The molecule has 1 N–H and O–H groups in total. The fourth-order valence-electron chi connectivity index (χ4n) is 3.45. The highest BCUT2D eigenvalue weighted by Gasteiger charge is 2.26. The number of pyridine rings is 1. The van der Waals surface area contributed by atoms with Crippen LogP contribution in [0.4, 0.5) is 11.5 Å². The van der Waals surface area contributed by atoms with Crippen LogP contribution in [-0.2, 0) is 9.53 Å². The van der Waals surface area contributed by atoms with Crippen LogP contribution in [0.3, 0.4) is 0 Å². The predicted octanol–water partition coefficient (Wildman–Crippen LogP) is 1.25. The Hall–Kier alpha value is -1.74. The molecule has 0 bridgehead atoms. The van der Waals surface area contributed by atoms with E-state index >= 15 is 0 Å². The Balaban J connectivity index is 2.06. The van der Waals surface area contributed by atoms with Gasteiger partial charge in [-0.15, -0.1) is 18.1 Å². The summed E-state index contributed by atoms with van der Waals surface area (Å²) in [7, 11) is 9.99. The molecular formula is C20H26BN3O2P2. The molecule has 2 atom stereocenters. The van der Waals surface area contributed by atoms with Gasteiger partial charge in [-0.05, 0) is 23.4 Å². The fourth-order valence-corrected chi connectivity index (χ4v) is 4.06. The van der Waals surface area contributed by atoms with Crippen molar-refractivity contribution in [2.45, 2.75) is 12.8 Å². The van der Waals surface area contributed by atoms with E-state index in [4.69, 9.17) is 4.74 Å². The van der Waals surface area contributed by atoms with E-state index in [1.165, 1.54) is 5.46 Å². The van der Waals surface area contributed by atoms with Gasteiger partial charge in [-0.25, -0.2) is 4.98 Å². The average Bonchev–Trinajstić information content (AvgIpc) is 3.17. The first-order valence-corrected chi connectivity index (χ1v) is 10.6. The van der Waals surface area contributed by atoms with Gasteiger partial charge in [0, 0.05) is 37.9 Å². The summed E-state index contributed by atoms with van der Waals surface area (Å²) >= 11 is 0. The van der Waals surface area contributed by atoms with E-state index in [1.54, 1.807) is 7.11 Å². The summed E-state index contributed by atoms with van der Waals surface area (Å²) in [4.78, 5) is 19.4. The van der Waals surface area contributed by atoms with Gasteiger partial charge in [0.2, 0.25) is 5.91 Å². The molecule has 0 spiro atoms. The lowest BCUT2D eigenvalue weighted by molar-refractivity contribution is -0.117. The van der Waals surface area contributed by atoms with Crippen LogP contribution >= 0.6 is 18.1 Å². The molecule has 1 aliphatic heterocycles. The molecule has 0 radical (unpaired) electrons. The van der Waals surface area contributed by atoms with Crippen molar-refractivity contribution >= 4 is 59.9 Å². The zero-order chi connectivity index (χ0) is 20.1. The molecule has 2 unspecified atom stereocenters. The minimum Gasteiger partial charge on any atom is -0.384 e. The number of nitrogens with zero attached hydrogens (tertiary/aromatic N) is 2. The number of amides is 1. The number of aromatic nitrogens is 1. The largest absolute Gasteiger partial charge is 0.384 e. The third-order valence-corrected chi connectivity index (χ3v) is 5.96. The summed E-state index contributed by atoms with van der Waals surface area (Å²) in [5.41, 5.74) is 4.01. The Morgan fingerprint density at radius 1 is 1.46 bits per heavy atom. The number of nitrogens with one attached hydrogen (secondary N) is 1. The molecule has 1 amide bonds. The van der Waals surface area contributed by atoms with Crippen LogP contribution in [0.2, 0.25) is 0 Å². The molecule has 1 saturated heterocycles.